The third kappa shape index (κ3) is 8.16. The van der Waals surface area contributed by atoms with Crippen LogP contribution in [0.5, 0.6) is 5.75 Å². The summed E-state index contributed by atoms with van der Waals surface area (Å²) in [6.07, 6.45) is 4.20. The van der Waals surface area contributed by atoms with Gasteiger partial charge in [-0.05, 0) is 47.5 Å². The highest BCUT2D eigenvalue weighted by Gasteiger charge is 2.18. The second kappa shape index (κ2) is 11.4. The van der Waals surface area contributed by atoms with Crippen LogP contribution in [0.25, 0.3) is 34.8 Å². The van der Waals surface area contributed by atoms with Crippen LogP contribution in [-0.2, 0) is 0 Å². The molecule has 0 unspecified atom stereocenters. The van der Waals surface area contributed by atoms with Crippen LogP contribution in [-0.4, -0.2) is 7.11 Å². The Hall–Kier alpha value is -3.52. The highest BCUT2D eigenvalue weighted by Crippen LogP contribution is 2.29. The van der Waals surface area contributed by atoms with E-state index in [1.54, 1.807) is 7.11 Å². The third-order valence-corrected chi connectivity index (χ3v) is 4.52. The molecule has 168 valence electrons. The maximum Gasteiger partial charge on any atom is 0.361 e. The van der Waals surface area contributed by atoms with Crippen molar-refractivity contribution in [2.24, 2.45) is 0 Å². The quantitative estimate of drug-likeness (QED) is 0.419. The van der Waals surface area contributed by atoms with Gasteiger partial charge in [0.1, 0.15) is 5.75 Å². The lowest BCUT2D eigenvalue weighted by Crippen LogP contribution is -2.68. The minimum absolute atomic E-state index is 0.844. The van der Waals surface area contributed by atoms with Crippen LogP contribution in [0.15, 0.2) is 101 Å². The van der Waals surface area contributed by atoms with E-state index in [0.717, 1.165) is 39.5 Å². The minimum atomic E-state index is -4.94. The summed E-state index contributed by atoms with van der Waals surface area (Å²) in [5, 5.41) is 0. The van der Waals surface area contributed by atoms with Crippen LogP contribution in [0.1, 0.15) is 11.1 Å². The summed E-state index contributed by atoms with van der Waals surface area (Å²) in [5.74, 6) is 2.54. The fourth-order valence-corrected chi connectivity index (χ4v) is 3.01. The zero-order chi connectivity index (χ0) is 23.7. The average molecular weight is 465 g/mol. The third-order valence-electron chi connectivity index (χ3n) is 4.52. The van der Waals surface area contributed by atoms with Gasteiger partial charge in [-0.3, -0.25) is 0 Å². The summed E-state index contributed by atoms with van der Waals surface area (Å²) < 4.78 is 45.4. The van der Waals surface area contributed by atoms with Crippen LogP contribution >= 0.6 is 0 Å². The Kier molecular flexibility index (Phi) is 8.32. The molecule has 0 spiro atoms. The van der Waals surface area contributed by atoms with Gasteiger partial charge in [0.05, 0.1) is 30.4 Å². The molecule has 4 rings (SSSR count). The van der Waals surface area contributed by atoms with E-state index < -0.39 is 10.2 Å². The molecule has 3 aromatic carbocycles. The minimum Gasteiger partial charge on any atom is -0.497 e. The molecular formula is C26H21ClO6. The Morgan fingerprint density at radius 3 is 1.48 bits per heavy atom. The topological polar surface area (TPSA) is 113 Å². The largest absolute Gasteiger partial charge is 0.497 e. The van der Waals surface area contributed by atoms with Crippen LogP contribution in [0.2, 0.25) is 0 Å². The van der Waals surface area contributed by atoms with Crippen molar-refractivity contribution in [2.45, 2.75) is 0 Å². The first-order valence-electron chi connectivity index (χ1n) is 9.85. The molecule has 0 aliphatic heterocycles. The standard InChI is InChI=1S/C26H21O2.ClHO4/c1-27-24-16-14-20(15-17-24)12-13-21-18-25(22-8-4-2-5-9-22)28-26(19-21)23-10-6-3-7-11-23;2-1(3,4)5/h2-19H,1H3;(H,2,3,4,5)/q+1;/p-1/b13-12+;. The molecule has 6 nitrogen and oxygen atoms in total. The summed E-state index contributed by atoms with van der Waals surface area (Å²) in [6.45, 7) is 0. The number of halogens is 1. The zero-order valence-corrected chi connectivity index (χ0v) is 18.5. The zero-order valence-electron chi connectivity index (χ0n) is 17.7. The molecule has 0 saturated carbocycles. The number of rotatable bonds is 5. The van der Waals surface area contributed by atoms with Gasteiger partial charge in [0.2, 0.25) is 0 Å². The lowest BCUT2D eigenvalue weighted by Gasteiger charge is -2.17. The van der Waals surface area contributed by atoms with Gasteiger partial charge in [0, 0.05) is 0 Å². The van der Waals surface area contributed by atoms with E-state index in [-0.39, 0.29) is 0 Å². The number of ether oxygens (including phenoxy) is 1. The smallest absolute Gasteiger partial charge is 0.361 e. The highest BCUT2D eigenvalue weighted by atomic mass is 35.7. The van der Waals surface area contributed by atoms with Crippen molar-refractivity contribution >= 4 is 12.2 Å². The van der Waals surface area contributed by atoms with Gasteiger partial charge in [-0.2, -0.15) is 0 Å². The van der Waals surface area contributed by atoms with E-state index >= 15 is 0 Å². The molecule has 0 aliphatic carbocycles. The van der Waals surface area contributed by atoms with Gasteiger partial charge in [0.15, 0.2) is 0 Å². The molecule has 4 aromatic rings. The molecule has 0 radical (unpaired) electrons. The van der Waals surface area contributed by atoms with E-state index in [1.807, 2.05) is 60.7 Å². The summed E-state index contributed by atoms with van der Waals surface area (Å²) in [6, 6.07) is 32.5. The first-order chi connectivity index (χ1) is 15.8. The van der Waals surface area contributed by atoms with Crippen LogP contribution in [0, 0.1) is 10.2 Å². The summed E-state index contributed by atoms with van der Waals surface area (Å²) in [5.41, 5.74) is 4.31. The molecule has 0 bridgehead atoms. The first-order valence-corrected chi connectivity index (χ1v) is 11.1. The molecular weight excluding hydrogens is 444 g/mol. The molecule has 0 atom stereocenters. The normalized spacial score (nSPS) is 11.1. The van der Waals surface area contributed by atoms with E-state index in [4.69, 9.17) is 27.8 Å². The van der Waals surface area contributed by atoms with E-state index in [2.05, 4.69) is 48.6 Å². The van der Waals surface area contributed by atoms with Gasteiger partial charge < -0.3 is 4.74 Å². The maximum atomic E-state index is 8.49. The van der Waals surface area contributed by atoms with Crippen molar-refractivity contribution in [2.75, 3.05) is 7.11 Å². The number of hydrogen-bond acceptors (Lipinski definition) is 5. The number of benzene rings is 3. The fraction of sp³-hybridized carbons (Fsp3) is 0.0385. The SMILES string of the molecule is COc1ccc(/C=C/c2cc(-c3ccccc3)[o+]c(-c3ccccc3)c2)cc1.[O-][Cl+3]([O-])([O-])[O-]. The summed E-state index contributed by atoms with van der Waals surface area (Å²) >= 11 is 0. The van der Waals surface area contributed by atoms with Crippen molar-refractivity contribution in [3.8, 4) is 28.4 Å². The monoisotopic (exact) mass is 464 g/mol. The van der Waals surface area contributed by atoms with Crippen molar-refractivity contribution in [3.63, 3.8) is 0 Å². The van der Waals surface area contributed by atoms with Crippen molar-refractivity contribution in [1.29, 1.82) is 0 Å². The molecule has 0 aliphatic rings. The molecule has 1 heterocycles. The predicted octanol–water partition coefficient (Wildman–Crippen LogP) is 2.32. The highest BCUT2D eigenvalue weighted by molar-refractivity contribution is 5.74. The Labute approximate surface area is 194 Å². The van der Waals surface area contributed by atoms with Crippen LogP contribution in [0.4, 0.5) is 0 Å². The van der Waals surface area contributed by atoms with E-state index in [9.17, 15) is 0 Å². The van der Waals surface area contributed by atoms with E-state index in [0.29, 0.717) is 0 Å². The lowest BCUT2D eigenvalue weighted by atomic mass is 10.1. The van der Waals surface area contributed by atoms with Gasteiger partial charge in [-0.1, -0.05) is 60.7 Å². The van der Waals surface area contributed by atoms with Gasteiger partial charge >= 0.3 is 11.5 Å². The molecule has 0 N–H and O–H groups in total. The molecule has 7 heteroatoms. The summed E-state index contributed by atoms with van der Waals surface area (Å²) in [4.78, 5) is 0. The van der Waals surface area contributed by atoms with Crippen LogP contribution < -0.4 is 23.4 Å². The Bertz CT molecular complexity index is 1110. The molecule has 0 fully saturated rings. The molecule has 1 aromatic heterocycles. The lowest BCUT2D eigenvalue weighted by molar-refractivity contribution is -2.00. The second-order valence-electron chi connectivity index (χ2n) is 6.84. The maximum absolute atomic E-state index is 8.49. The predicted molar refractivity (Wildman–Crippen MR) is 116 cm³/mol. The summed E-state index contributed by atoms with van der Waals surface area (Å²) in [7, 11) is -3.27. The van der Waals surface area contributed by atoms with Crippen molar-refractivity contribution < 1.29 is 38.0 Å². The van der Waals surface area contributed by atoms with Crippen molar-refractivity contribution in [1.82, 2.24) is 0 Å². The Morgan fingerprint density at radius 2 is 1.06 bits per heavy atom. The van der Waals surface area contributed by atoms with Gasteiger partial charge in [0.25, 0.3) is 0 Å². The Morgan fingerprint density at radius 1 is 0.636 bits per heavy atom. The first kappa shape index (κ1) is 24.1. The Balaban J connectivity index is 0.000000555. The molecule has 0 saturated heterocycles. The van der Waals surface area contributed by atoms with Crippen molar-refractivity contribution in [3.05, 3.63) is 108 Å². The second-order valence-corrected chi connectivity index (χ2v) is 7.59. The van der Waals surface area contributed by atoms with Crippen LogP contribution in [0.3, 0.4) is 0 Å². The molecule has 33 heavy (non-hydrogen) atoms. The molecule has 0 amide bonds. The van der Waals surface area contributed by atoms with Gasteiger partial charge in [-0.25, -0.2) is 23.1 Å². The fourth-order valence-electron chi connectivity index (χ4n) is 3.01. The number of methoxy groups -OCH3 is 1. The van der Waals surface area contributed by atoms with Gasteiger partial charge in [-0.15, -0.1) is 10.2 Å². The average Bonchev–Trinajstić information content (AvgIpc) is 2.83. The van der Waals surface area contributed by atoms with E-state index in [1.165, 1.54) is 0 Å². The number of hydrogen-bond donors (Lipinski definition) is 0.